The van der Waals surface area contributed by atoms with E-state index in [-0.39, 0.29) is 6.04 Å². The summed E-state index contributed by atoms with van der Waals surface area (Å²) >= 11 is 5.36. The molecule has 1 aliphatic heterocycles. The highest BCUT2D eigenvalue weighted by Crippen LogP contribution is 2.38. The van der Waals surface area contributed by atoms with Crippen LogP contribution in [0.5, 0.6) is 0 Å². The Morgan fingerprint density at radius 2 is 2.21 bits per heavy atom. The molecule has 98 valence electrons. The van der Waals surface area contributed by atoms with Crippen LogP contribution in [0.1, 0.15) is 11.1 Å². The summed E-state index contributed by atoms with van der Waals surface area (Å²) < 4.78 is 1.01. The van der Waals surface area contributed by atoms with E-state index in [0.29, 0.717) is 5.25 Å². The molecule has 2 atom stereocenters. The lowest BCUT2D eigenvalue weighted by atomic mass is 10.0. The molecule has 4 heteroatoms. The number of fused-ring (bicyclic) bond motifs is 1. The minimum absolute atomic E-state index is 0.161. The molecule has 0 saturated carbocycles. The zero-order chi connectivity index (χ0) is 13.2. The average molecular weight is 335 g/mol. The minimum Gasteiger partial charge on any atom is -0.326 e. The molecule has 19 heavy (non-hydrogen) atoms. The molecule has 0 amide bonds. The third-order valence-electron chi connectivity index (χ3n) is 3.38. The van der Waals surface area contributed by atoms with Crippen LogP contribution in [-0.2, 0) is 12.8 Å². The van der Waals surface area contributed by atoms with E-state index in [1.165, 1.54) is 16.0 Å². The fraction of sp³-hybridized carbons (Fsp3) is 0.267. The largest absolute Gasteiger partial charge is 0.326 e. The van der Waals surface area contributed by atoms with Crippen molar-refractivity contribution in [2.45, 2.75) is 29.0 Å². The van der Waals surface area contributed by atoms with Gasteiger partial charge in [-0.2, -0.15) is 0 Å². The van der Waals surface area contributed by atoms with Crippen molar-refractivity contribution < 1.29 is 0 Å². The number of pyridine rings is 1. The summed E-state index contributed by atoms with van der Waals surface area (Å²) in [5, 5.41) is 0.469. The summed E-state index contributed by atoms with van der Waals surface area (Å²) in [5.41, 5.74) is 9.00. The van der Waals surface area contributed by atoms with E-state index in [0.717, 1.165) is 17.3 Å². The van der Waals surface area contributed by atoms with Crippen LogP contribution in [0.15, 0.2) is 52.1 Å². The van der Waals surface area contributed by atoms with Gasteiger partial charge >= 0.3 is 0 Å². The van der Waals surface area contributed by atoms with E-state index in [4.69, 9.17) is 5.73 Å². The molecular formula is C15H15BrN2S. The van der Waals surface area contributed by atoms with Gasteiger partial charge in [-0.05, 0) is 52.0 Å². The summed E-state index contributed by atoms with van der Waals surface area (Å²) in [7, 11) is 0. The predicted octanol–water partition coefficient (Wildman–Crippen LogP) is 3.43. The lowest BCUT2D eigenvalue weighted by Crippen LogP contribution is -2.34. The second-order valence-corrected chi connectivity index (χ2v) is 7.04. The van der Waals surface area contributed by atoms with Crippen LogP contribution in [0, 0.1) is 0 Å². The molecule has 1 aliphatic rings. The number of hydrogen-bond donors (Lipinski definition) is 1. The molecule has 2 nitrogen and oxygen atoms in total. The highest BCUT2D eigenvalue weighted by atomic mass is 79.9. The molecule has 2 N–H and O–H groups in total. The van der Waals surface area contributed by atoms with Crippen LogP contribution in [0.3, 0.4) is 0 Å². The summed E-state index contributed by atoms with van der Waals surface area (Å²) in [6.07, 6.45) is 5.65. The Labute approximate surface area is 125 Å². The van der Waals surface area contributed by atoms with Crippen LogP contribution in [0.25, 0.3) is 0 Å². The smallest absolute Gasteiger partial charge is 0.0410 e. The van der Waals surface area contributed by atoms with Crippen molar-refractivity contribution in [3.63, 3.8) is 0 Å². The van der Waals surface area contributed by atoms with Crippen LogP contribution >= 0.6 is 27.7 Å². The van der Waals surface area contributed by atoms with E-state index in [9.17, 15) is 0 Å². The number of thioether (sulfide) groups is 1. The van der Waals surface area contributed by atoms with Gasteiger partial charge in [0.1, 0.15) is 0 Å². The van der Waals surface area contributed by atoms with Gasteiger partial charge in [0.2, 0.25) is 0 Å². The zero-order valence-electron chi connectivity index (χ0n) is 10.4. The van der Waals surface area contributed by atoms with Crippen LogP contribution in [0.4, 0.5) is 0 Å². The van der Waals surface area contributed by atoms with E-state index in [1.54, 1.807) is 6.20 Å². The average Bonchev–Trinajstić information content (AvgIpc) is 2.82. The van der Waals surface area contributed by atoms with Crippen LogP contribution in [-0.4, -0.2) is 16.3 Å². The maximum atomic E-state index is 6.38. The molecule has 2 heterocycles. The molecule has 0 fully saturated rings. The van der Waals surface area contributed by atoms with Gasteiger partial charge in [0.05, 0.1) is 0 Å². The number of nitrogens with two attached hydrogens (primary N) is 1. The summed E-state index contributed by atoms with van der Waals surface area (Å²) in [6.45, 7) is 0. The van der Waals surface area contributed by atoms with Crippen molar-refractivity contribution in [2.24, 2.45) is 5.73 Å². The van der Waals surface area contributed by atoms with Gasteiger partial charge in [-0.3, -0.25) is 4.98 Å². The Kier molecular flexibility index (Phi) is 3.91. The van der Waals surface area contributed by atoms with E-state index >= 15 is 0 Å². The van der Waals surface area contributed by atoms with Crippen LogP contribution in [0.2, 0.25) is 0 Å². The number of nitrogens with zero attached hydrogens (tertiary/aromatic N) is 1. The fourth-order valence-corrected chi connectivity index (χ4v) is 4.15. The third-order valence-corrected chi connectivity index (χ3v) is 5.29. The highest BCUT2D eigenvalue weighted by Gasteiger charge is 2.27. The number of rotatable bonds is 3. The van der Waals surface area contributed by atoms with Crippen LogP contribution < -0.4 is 5.73 Å². The summed E-state index contributed by atoms with van der Waals surface area (Å²) in [6, 6.07) is 10.8. The molecule has 0 saturated heterocycles. The lowest BCUT2D eigenvalue weighted by Gasteiger charge is -2.18. The third kappa shape index (κ3) is 3.02. The first kappa shape index (κ1) is 13.2. The Balaban J connectivity index is 1.68. The molecule has 1 aromatic carbocycles. The fourth-order valence-electron chi connectivity index (χ4n) is 2.42. The van der Waals surface area contributed by atoms with Gasteiger partial charge < -0.3 is 5.73 Å². The van der Waals surface area contributed by atoms with Gasteiger partial charge in [-0.25, -0.2) is 0 Å². The van der Waals surface area contributed by atoms with Gasteiger partial charge in [0.15, 0.2) is 0 Å². The van der Waals surface area contributed by atoms with Gasteiger partial charge in [0, 0.05) is 33.1 Å². The molecule has 3 rings (SSSR count). The second-order valence-electron chi connectivity index (χ2n) is 4.85. The minimum atomic E-state index is 0.161. The first-order chi connectivity index (χ1) is 9.22. The zero-order valence-corrected chi connectivity index (χ0v) is 12.8. The first-order valence-corrected chi connectivity index (χ1v) is 7.99. The van der Waals surface area contributed by atoms with E-state index in [1.807, 2.05) is 18.0 Å². The van der Waals surface area contributed by atoms with Crippen molar-refractivity contribution in [3.05, 3.63) is 58.3 Å². The maximum Gasteiger partial charge on any atom is 0.0410 e. The first-order valence-electron chi connectivity index (χ1n) is 6.32. The summed E-state index contributed by atoms with van der Waals surface area (Å²) in [5.74, 6) is 0. The van der Waals surface area contributed by atoms with Crippen molar-refractivity contribution in [1.82, 2.24) is 4.98 Å². The van der Waals surface area contributed by atoms with Crippen molar-refractivity contribution in [3.8, 4) is 0 Å². The number of aromatic nitrogens is 1. The van der Waals surface area contributed by atoms with E-state index in [2.05, 4.69) is 51.2 Å². The molecule has 2 aromatic rings. The van der Waals surface area contributed by atoms with E-state index < -0.39 is 0 Å². The quantitative estimate of drug-likeness (QED) is 0.934. The molecule has 1 aromatic heterocycles. The van der Waals surface area contributed by atoms with Gasteiger partial charge in [0.25, 0.3) is 0 Å². The highest BCUT2D eigenvalue weighted by molar-refractivity contribution is 9.10. The monoisotopic (exact) mass is 334 g/mol. The summed E-state index contributed by atoms with van der Waals surface area (Å²) in [4.78, 5) is 5.58. The van der Waals surface area contributed by atoms with Crippen molar-refractivity contribution in [2.75, 3.05) is 0 Å². The molecule has 2 unspecified atom stereocenters. The number of hydrogen-bond acceptors (Lipinski definition) is 3. The Morgan fingerprint density at radius 1 is 1.37 bits per heavy atom. The molecule has 0 bridgehead atoms. The normalized spacial score (nSPS) is 19.2. The van der Waals surface area contributed by atoms with Gasteiger partial charge in [-0.1, -0.05) is 18.2 Å². The Hall–Kier alpha value is -0.840. The molecule has 0 aliphatic carbocycles. The second kappa shape index (κ2) is 5.65. The maximum absolute atomic E-state index is 6.38. The SMILES string of the molecule is NC(Cc1cncc(Br)c1)C1Cc2ccccc2S1. The van der Waals surface area contributed by atoms with Gasteiger partial charge in [-0.15, -0.1) is 11.8 Å². The molecule has 0 spiro atoms. The number of benzene rings is 1. The Bertz CT molecular complexity index is 563. The predicted molar refractivity (Wildman–Crippen MR) is 83.4 cm³/mol. The number of halogens is 1. The molecular weight excluding hydrogens is 320 g/mol. The lowest BCUT2D eigenvalue weighted by molar-refractivity contribution is 0.631. The van der Waals surface area contributed by atoms with Crippen molar-refractivity contribution in [1.29, 1.82) is 0 Å². The molecule has 0 radical (unpaired) electrons. The standard InChI is InChI=1S/C15H15BrN2S/c16-12-5-10(8-18-9-12)6-13(17)15-7-11-3-1-2-4-14(11)19-15/h1-5,8-9,13,15H,6-7,17H2. The Morgan fingerprint density at radius 3 is 3.00 bits per heavy atom. The van der Waals surface area contributed by atoms with Crippen molar-refractivity contribution >= 4 is 27.7 Å². The topological polar surface area (TPSA) is 38.9 Å².